The van der Waals surface area contributed by atoms with Crippen LogP contribution in [0, 0.1) is 0 Å². The highest BCUT2D eigenvalue weighted by molar-refractivity contribution is 6.31. The molecule has 1 aliphatic rings. The van der Waals surface area contributed by atoms with Crippen LogP contribution in [0.15, 0.2) is 60.7 Å². The predicted octanol–water partition coefficient (Wildman–Crippen LogP) is 6.18. The summed E-state index contributed by atoms with van der Waals surface area (Å²) < 4.78 is 5.24. The van der Waals surface area contributed by atoms with Gasteiger partial charge in [0, 0.05) is 10.7 Å². The predicted molar refractivity (Wildman–Crippen MR) is 146 cm³/mol. The summed E-state index contributed by atoms with van der Waals surface area (Å²) in [6, 6.07) is 17.0. The first-order valence-electron chi connectivity index (χ1n) is 12.4. The van der Waals surface area contributed by atoms with Crippen LogP contribution in [0.1, 0.15) is 87.3 Å². The third-order valence-electron chi connectivity index (χ3n) is 6.46. The highest BCUT2D eigenvalue weighted by atomic mass is 35.5. The van der Waals surface area contributed by atoms with Crippen molar-refractivity contribution in [2.24, 2.45) is 0 Å². The second-order valence-corrected chi connectivity index (χ2v) is 10.2. The van der Waals surface area contributed by atoms with Gasteiger partial charge in [0.1, 0.15) is 0 Å². The number of halogens is 1. The van der Waals surface area contributed by atoms with Gasteiger partial charge in [-0.15, -0.1) is 0 Å². The third kappa shape index (κ3) is 5.48. The first-order chi connectivity index (χ1) is 18.1. The van der Waals surface area contributed by atoms with E-state index in [1.54, 1.807) is 24.3 Å². The van der Waals surface area contributed by atoms with E-state index in [2.05, 4.69) is 5.32 Å². The molecule has 0 bridgehead atoms. The number of esters is 1. The van der Waals surface area contributed by atoms with Gasteiger partial charge in [0.25, 0.3) is 17.7 Å². The lowest BCUT2D eigenvalue weighted by molar-refractivity contribution is -0.119. The maximum absolute atomic E-state index is 13.0. The van der Waals surface area contributed by atoms with Crippen LogP contribution in [-0.2, 0) is 16.1 Å². The number of nitrogens with one attached hydrogen (secondary N) is 1. The molecule has 3 amide bonds. The number of carbonyl (C=O) groups excluding carboxylic acids is 4. The van der Waals surface area contributed by atoms with Crippen molar-refractivity contribution in [2.75, 3.05) is 11.9 Å². The number of carbonyl (C=O) groups is 4. The summed E-state index contributed by atoms with van der Waals surface area (Å²) in [6.07, 6.45) is 0. The molecule has 0 saturated heterocycles. The van der Waals surface area contributed by atoms with Gasteiger partial charge in [-0.1, -0.05) is 75.7 Å². The van der Waals surface area contributed by atoms with Gasteiger partial charge in [-0.05, 0) is 52.8 Å². The van der Waals surface area contributed by atoms with Gasteiger partial charge < -0.3 is 10.1 Å². The number of hydrogen-bond donors (Lipinski definition) is 1. The largest absolute Gasteiger partial charge is 0.452 e. The van der Waals surface area contributed by atoms with Crippen molar-refractivity contribution in [3.63, 3.8) is 0 Å². The second kappa shape index (κ2) is 11.2. The zero-order valence-corrected chi connectivity index (χ0v) is 22.5. The van der Waals surface area contributed by atoms with Crippen molar-refractivity contribution in [1.82, 2.24) is 4.90 Å². The van der Waals surface area contributed by atoms with Crippen LogP contribution < -0.4 is 5.32 Å². The lowest BCUT2D eigenvalue weighted by atomic mass is 9.92. The summed E-state index contributed by atoms with van der Waals surface area (Å²) in [7, 11) is 0. The van der Waals surface area contributed by atoms with Crippen LogP contribution in [0.25, 0.3) is 0 Å². The molecule has 0 atom stereocenters. The molecule has 3 aromatic carbocycles. The molecule has 0 saturated carbocycles. The summed E-state index contributed by atoms with van der Waals surface area (Å²) in [5.74, 6) is -1.84. The van der Waals surface area contributed by atoms with E-state index in [4.69, 9.17) is 16.3 Å². The van der Waals surface area contributed by atoms with Gasteiger partial charge >= 0.3 is 5.97 Å². The molecule has 38 heavy (non-hydrogen) atoms. The minimum Gasteiger partial charge on any atom is -0.452 e. The molecule has 0 aliphatic carbocycles. The van der Waals surface area contributed by atoms with Crippen LogP contribution in [-0.4, -0.2) is 35.2 Å². The smallest absolute Gasteiger partial charge is 0.338 e. The molecule has 3 aromatic rings. The molecule has 7 nitrogen and oxygen atoms in total. The maximum atomic E-state index is 13.0. The van der Waals surface area contributed by atoms with E-state index in [0.29, 0.717) is 10.6 Å². The highest BCUT2D eigenvalue weighted by Gasteiger charge is 2.36. The molecular weight excluding hydrogens is 504 g/mol. The Balaban J connectivity index is 1.45. The standard InChI is InChI=1S/C30H29ClN2O5/c1-17(2)21-9-7-10-22(18(3)4)27(21)32-26(34)16-38-30(37)19-12-13-23-24(14-19)29(36)33(28(23)35)15-20-8-5-6-11-25(20)31/h5-14,17-18H,15-16H2,1-4H3,(H,32,34). The molecular formula is C30H29ClN2O5. The van der Waals surface area contributed by atoms with Crippen molar-refractivity contribution in [2.45, 2.75) is 46.1 Å². The van der Waals surface area contributed by atoms with Gasteiger partial charge in [-0.3, -0.25) is 19.3 Å². The van der Waals surface area contributed by atoms with Gasteiger partial charge in [0.2, 0.25) is 0 Å². The van der Waals surface area contributed by atoms with Crippen molar-refractivity contribution in [3.05, 3.63) is 99.1 Å². The number of nitrogens with zero attached hydrogens (tertiary/aromatic N) is 1. The Labute approximate surface area is 226 Å². The number of anilines is 1. The van der Waals surface area contributed by atoms with E-state index < -0.39 is 30.3 Å². The Morgan fingerprint density at radius 2 is 1.50 bits per heavy atom. The Morgan fingerprint density at radius 1 is 0.868 bits per heavy atom. The highest BCUT2D eigenvalue weighted by Crippen LogP contribution is 2.32. The van der Waals surface area contributed by atoms with Gasteiger partial charge in [0.15, 0.2) is 6.61 Å². The SMILES string of the molecule is CC(C)c1cccc(C(C)C)c1NC(=O)COC(=O)c1ccc2c(c1)C(=O)N(Cc1ccccc1Cl)C2=O. The molecule has 0 fully saturated rings. The molecule has 0 aromatic heterocycles. The lowest BCUT2D eigenvalue weighted by Crippen LogP contribution is -2.29. The van der Waals surface area contributed by atoms with E-state index in [1.807, 2.05) is 45.9 Å². The monoisotopic (exact) mass is 532 g/mol. The van der Waals surface area contributed by atoms with Crippen LogP contribution >= 0.6 is 11.6 Å². The number of ether oxygens (including phenoxy) is 1. The Morgan fingerprint density at radius 3 is 2.13 bits per heavy atom. The van der Waals surface area contributed by atoms with E-state index in [1.165, 1.54) is 18.2 Å². The molecule has 196 valence electrons. The molecule has 4 rings (SSSR count). The van der Waals surface area contributed by atoms with Crippen molar-refractivity contribution in [1.29, 1.82) is 0 Å². The number of benzene rings is 3. The minimum atomic E-state index is -0.769. The number of amides is 3. The maximum Gasteiger partial charge on any atom is 0.338 e. The molecule has 1 aliphatic heterocycles. The fourth-order valence-electron chi connectivity index (χ4n) is 4.44. The average Bonchev–Trinajstić information content (AvgIpc) is 3.12. The molecule has 8 heteroatoms. The molecule has 1 heterocycles. The second-order valence-electron chi connectivity index (χ2n) is 9.79. The fourth-order valence-corrected chi connectivity index (χ4v) is 4.64. The first-order valence-corrected chi connectivity index (χ1v) is 12.8. The molecule has 0 spiro atoms. The average molecular weight is 533 g/mol. The minimum absolute atomic E-state index is 0.0161. The van der Waals surface area contributed by atoms with Gasteiger partial charge in [0.05, 0.1) is 23.2 Å². The van der Waals surface area contributed by atoms with Crippen LogP contribution in [0.2, 0.25) is 5.02 Å². The topological polar surface area (TPSA) is 92.8 Å². The summed E-state index contributed by atoms with van der Waals surface area (Å²) in [4.78, 5) is 52.4. The number of hydrogen-bond acceptors (Lipinski definition) is 5. The van der Waals surface area contributed by atoms with Crippen molar-refractivity contribution < 1.29 is 23.9 Å². The normalized spacial score (nSPS) is 12.8. The summed E-state index contributed by atoms with van der Waals surface area (Å²) in [5, 5.41) is 3.35. The quantitative estimate of drug-likeness (QED) is 0.276. The van der Waals surface area contributed by atoms with E-state index >= 15 is 0 Å². The van der Waals surface area contributed by atoms with Crippen LogP contribution in [0.5, 0.6) is 0 Å². The molecule has 1 N–H and O–H groups in total. The Hall–Kier alpha value is -3.97. The molecule has 0 radical (unpaired) electrons. The zero-order chi connectivity index (χ0) is 27.6. The van der Waals surface area contributed by atoms with E-state index in [0.717, 1.165) is 21.7 Å². The van der Waals surface area contributed by atoms with Crippen molar-refractivity contribution in [3.8, 4) is 0 Å². The summed E-state index contributed by atoms with van der Waals surface area (Å²) in [5.41, 5.74) is 3.74. The first kappa shape index (κ1) is 27.1. The third-order valence-corrected chi connectivity index (χ3v) is 6.83. The summed E-state index contributed by atoms with van der Waals surface area (Å²) >= 11 is 6.19. The van der Waals surface area contributed by atoms with Gasteiger partial charge in [-0.25, -0.2) is 4.79 Å². The Bertz CT molecular complexity index is 1400. The summed E-state index contributed by atoms with van der Waals surface area (Å²) in [6.45, 7) is 7.71. The van der Waals surface area contributed by atoms with E-state index in [-0.39, 0.29) is 35.1 Å². The van der Waals surface area contributed by atoms with Gasteiger partial charge in [-0.2, -0.15) is 0 Å². The van der Waals surface area contributed by atoms with Crippen LogP contribution in [0.3, 0.4) is 0 Å². The molecule has 0 unspecified atom stereocenters. The Kier molecular flexibility index (Phi) is 7.97. The lowest BCUT2D eigenvalue weighted by Gasteiger charge is -2.20. The van der Waals surface area contributed by atoms with Crippen molar-refractivity contribution >= 4 is 41.0 Å². The zero-order valence-electron chi connectivity index (χ0n) is 21.7. The van der Waals surface area contributed by atoms with E-state index in [9.17, 15) is 19.2 Å². The number of para-hydroxylation sites is 1. The fraction of sp³-hybridized carbons (Fsp3) is 0.267. The number of rotatable bonds is 8. The number of imide groups is 1. The number of fused-ring (bicyclic) bond motifs is 1. The van der Waals surface area contributed by atoms with Crippen LogP contribution in [0.4, 0.5) is 5.69 Å².